The maximum absolute atomic E-state index is 13.4. The maximum atomic E-state index is 13.4. The second kappa shape index (κ2) is 14.7. The van der Waals surface area contributed by atoms with E-state index in [1.54, 1.807) is 16.8 Å². The summed E-state index contributed by atoms with van der Waals surface area (Å²) in [6.45, 7) is 4.14. The van der Waals surface area contributed by atoms with Crippen molar-refractivity contribution in [3.8, 4) is 12.1 Å². The lowest BCUT2D eigenvalue weighted by atomic mass is 10.1. The Hall–Kier alpha value is -3.35. The Morgan fingerprint density at radius 1 is 1.28 bits per heavy atom. The summed E-state index contributed by atoms with van der Waals surface area (Å²) in [6.07, 6.45) is 0.909. The second-order valence-corrected chi connectivity index (χ2v) is 11.1. The fraction of sp³-hybridized carbons (Fsp3) is 0.593. The van der Waals surface area contributed by atoms with Gasteiger partial charge in [0.05, 0.1) is 29.3 Å². The SMILES string of the molecule is CCN1C(=O)C(CCNc2cccc(N(C)C(=O)CN3CCC(F)CC3)c2)SC1CC(C#N)C(=O)NCC#N. The molecule has 0 aliphatic carbocycles. The van der Waals surface area contributed by atoms with Gasteiger partial charge in [0, 0.05) is 51.0 Å². The zero-order valence-corrected chi connectivity index (χ0v) is 23.3. The Kier molecular flexibility index (Phi) is 11.4. The topological polar surface area (TPSA) is 133 Å². The van der Waals surface area contributed by atoms with E-state index in [2.05, 4.69) is 10.6 Å². The van der Waals surface area contributed by atoms with Crippen molar-refractivity contribution in [3.63, 3.8) is 0 Å². The standard InChI is InChI=1S/C27H36FN7O3S/c1-3-35-25(15-19(17-30)26(37)32-12-10-29)39-23(27(35)38)7-11-31-21-5-4-6-22(16-21)33(2)24(36)18-34-13-8-20(28)9-14-34/h4-6,16,19-20,23,25,31H,3,7-9,11-15,18H2,1-2H3,(H,32,37). The third-order valence-electron chi connectivity index (χ3n) is 7.04. The van der Waals surface area contributed by atoms with Crippen molar-refractivity contribution in [2.45, 2.75) is 49.4 Å². The molecule has 1 aromatic carbocycles. The van der Waals surface area contributed by atoms with E-state index in [1.165, 1.54) is 11.8 Å². The number of likely N-dealkylation sites (tertiary alicyclic amines) is 1. The predicted molar refractivity (Wildman–Crippen MR) is 148 cm³/mol. The predicted octanol–water partition coefficient (Wildman–Crippen LogP) is 2.34. The maximum Gasteiger partial charge on any atom is 0.240 e. The number of thioether (sulfide) groups is 1. The number of hydrogen-bond donors (Lipinski definition) is 2. The van der Waals surface area contributed by atoms with Gasteiger partial charge in [-0.2, -0.15) is 10.5 Å². The van der Waals surface area contributed by atoms with Gasteiger partial charge in [-0.15, -0.1) is 11.8 Å². The van der Waals surface area contributed by atoms with Crippen LogP contribution in [0.5, 0.6) is 0 Å². The first kappa shape index (κ1) is 30.2. The fourth-order valence-corrected chi connectivity index (χ4v) is 6.31. The fourth-order valence-electron chi connectivity index (χ4n) is 4.72. The van der Waals surface area contributed by atoms with E-state index in [4.69, 9.17) is 5.26 Å². The third-order valence-corrected chi connectivity index (χ3v) is 8.57. The summed E-state index contributed by atoms with van der Waals surface area (Å²) in [5.41, 5.74) is 1.56. The van der Waals surface area contributed by atoms with Gasteiger partial charge in [0.2, 0.25) is 17.7 Å². The van der Waals surface area contributed by atoms with Gasteiger partial charge in [0.25, 0.3) is 0 Å². The molecule has 2 N–H and O–H groups in total. The highest BCUT2D eigenvalue weighted by Crippen LogP contribution is 2.37. The van der Waals surface area contributed by atoms with Gasteiger partial charge >= 0.3 is 0 Å². The first-order valence-electron chi connectivity index (χ1n) is 13.2. The van der Waals surface area contributed by atoms with Gasteiger partial charge in [-0.3, -0.25) is 19.3 Å². The third kappa shape index (κ3) is 8.32. The zero-order valence-electron chi connectivity index (χ0n) is 22.4. The lowest BCUT2D eigenvalue weighted by Crippen LogP contribution is -2.42. The average molecular weight is 558 g/mol. The largest absolute Gasteiger partial charge is 0.385 e. The molecule has 3 amide bonds. The highest BCUT2D eigenvalue weighted by molar-refractivity contribution is 8.01. The number of anilines is 2. The number of nitrogens with one attached hydrogen (secondary N) is 2. The van der Waals surface area contributed by atoms with Gasteiger partial charge in [-0.05, 0) is 44.4 Å². The van der Waals surface area contributed by atoms with Gasteiger partial charge in [0.15, 0.2) is 0 Å². The summed E-state index contributed by atoms with van der Waals surface area (Å²) in [5.74, 6) is -1.51. The number of carbonyl (C=O) groups is 3. The lowest BCUT2D eigenvalue weighted by Gasteiger charge is -2.29. The number of piperidine rings is 1. The molecule has 2 aliphatic heterocycles. The van der Waals surface area contributed by atoms with E-state index in [0.29, 0.717) is 45.4 Å². The minimum absolute atomic E-state index is 0.0145. The van der Waals surface area contributed by atoms with Crippen molar-refractivity contribution >= 4 is 40.9 Å². The molecule has 210 valence electrons. The highest BCUT2D eigenvalue weighted by Gasteiger charge is 2.40. The summed E-state index contributed by atoms with van der Waals surface area (Å²) < 4.78 is 13.4. The highest BCUT2D eigenvalue weighted by atomic mass is 32.2. The second-order valence-electron chi connectivity index (χ2n) is 9.67. The molecule has 10 nitrogen and oxygen atoms in total. The molecule has 0 spiro atoms. The Bertz CT molecular complexity index is 1100. The number of nitrogens with zero attached hydrogens (tertiary/aromatic N) is 5. The molecular formula is C27H36FN7O3S. The summed E-state index contributed by atoms with van der Waals surface area (Å²) in [6, 6.07) is 11.3. The van der Waals surface area contributed by atoms with E-state index in [0.717, 1.165) is 11.4 Å². The number of halogens is 1. The van der Waals surface area contributed by atoms with E-state index < -0.39 is 18.0 Å². The Labute approximate surface area is 233 Å². The molecule has 3 unspecified atom stereocenters. The van der Waals surface area contributed by atoms with Crippen LogP contribution in [-0.4, -0.2) is 90.6 Å². The summed E-state index contributed by atoms with van der Waals surface area (Å²) in [4.78, 5) is 43.2. The van der Waals surface area contributed by atoms with Crippen LogP contribution in [0.3, 0.4) is 0 Å². The van der Waals surface area contributed by atoms with Gasteiger partial charge in [0.1, 0.15) is 18.6 Å². The molecule has 3 rings (SSSR count). The number of alkyl halides is 1. The number of hydrogen-bond acceptors (Lipinski definition) is 8. The van der Waals surface area contributed by atoms with Gasteiger partial charge in [-0.1, -0.05) is 6.07 Å². The van der Waals surface area contributed by atoms with Crippen molar-refractivity contribution in [1.29, 1.82) is 10.5 Å². The van der Waals surface area contributed by atoms with Crippen LogP contribution in [0, 0.1) is 28.6 Å². The number of amides is 3. The lowest BCUT2D eigenvalue weighted by molar-refractivity contribution is -0.131. The molecule has 0 saturated carbocycles. The number of carbonyl (C=O) groups excluding carboxylic acids is 3. The first-order valence-corrected chi connectivity index (χ1v) is 14.2. The van der Waals surface area contributed by atoms with Crippen LogP contribution in [0.1, 0.15) is 32.6 Å². The molecule has 2 fully saturated rings. The van der Waals surface area contributed by atoms with Crippen LogP contribution in [0.15, 0.2) is 24.3 Å². The molecule has 3 atom stereocenters. The van der Waals surface area contributed by atoms with Crippen molar-refractivity contribution in [3.05, 3.63) is 24.3 Å². The van der Waals surface area contributed by atoms with Crippen LogP contribution in [0.25, 0.3) is 0 Å². The van der Waals surface area contributed by atoms with Crippen molar-refractivity contribution in [2.24, 2.45) is 5.92 Å². The average Bonchev–Trinajstić information content (AvgIpc) is 3.24. The molecule has 2 heterocycles. The van der Waals surface area contributed by atoms with E-state index in [-0.39, 0.29) is 41.9 Å². The summed E-state index contributed by atoms with van der Waals surface area (Å²) >= 11 is 1.46. The molecule has 12 heteroatoms. The number of nitriles is 2. The number of likely N-dealkylation sites (N-methyl/N-ethyl adjacent to an activating group) is 1. The molecule has 2 saturated heterocycles. The molecule has 39 heavy (non-hydrogen) atoms. The quantitative estimate of drug-likeness (QED) is 0.374. The minimum Gasteiger partial charge on any atom is -0.385 e. The van der Waals surface area contributed by atoms with E-state index in [9.17, 15) is 24.0 Å². The van der Waals surface area contributed by atoms with Crippen molar-refractivity contribution < 1.29 is 18.8 Å². The first-order chi connectivity index (χ1) is 18.8. The normalized spacial score (nSPS) is 20.6. The van der Waals surface area contributed by atoms with Crippen molar-refractivity contribution in [1.82, 2.24) is 15.1 Å². The van der Waals surface area contributed by atoms with Crippen molar-refractivity contribution in [2.75, 3.05) is 56.5 Å². The van der Waals surface area contributed by atoms with E-state index in [1.807, 2.05) is 48.2 Å². The van der Waals surface area contributed by atoms with Crippen LogP contribution in [0.2, 0.25) is 0 Å². The van der Waals surface area contributed by atoms with Gasteiger partial charge in [-0.25, -0.2) is 4.39 Å². The Balaban J connectivity index is 1.51. The summed E-state index contributed by atoms with van der Waals surface area (Å²) in [5, 5.41) is 23.3. The molecule has 0 radical (unpaired) electrons. The number of benzene rings is 1. The Morgan fingerprint density at radius 3 is 2.69 bits per heavy atom. The monoisotopic (exact) mass is 557 g/mol. The van der Waals surface area contributed by atoms with Crippen LogP contribution in [-0.2, 0) is 14.4 Å². The summed E-state index contributed by atoms with van der Waals surface area (Å²) in [7, 11) is 1.73. The molecular weight excluding hydrogens is 521 g/mol. The Morgan fingerprint density at radius 2 is 2.03 bits per heavy atom. The molecule has 0 bridgehead atoms. The number of rotatable bonds is 12. The minimum atomic E-state index is -0.937. The van der Waals surface area contributed by atoms with Crippen LogP contribution >= 0.6 is 11.8 Å². The van der Waals surface area contributed by atoms with Gasteiger partial charge < -0.3 is 20.4 Å². The molecule has 0 aromatic heterocycles. The van der Waals surface area contributed by atoms with Crippen LogP contribution in [0.4, 0.5) is 15.8 Å². The molecule has 1 aromatic rings. The van der Waals surface area contributed by atoms with E-state index >= 15 is 0 Å². The smallest absolute Gasteiger partial charge is 0.240 e. The molecule has 2 aliphatic rings. The van der Waals surface area contributed by atoms with Crippen LogP contribution < -0.4 is 15.5 Å². The zero-order chi connectivity index (χ0) is 28.4.